The van der Waals surface area contributed by atoms with Gasteiger partial charge in [-0.25, -0.2) is 0 Å². The molecule has 0 saturated carbocycles. The van der Waals surface area contributed by atoms with Crippen LogP contribution in [0.25, 0.3) is 37.5 Å². The molecule has 0 atom stereocenters. The van der Waals surface area contributed by atoms with Crippen LogP contribution in [0.15, 0.2) is 54.0 Å². The molecule has 3 heterocycles. The summed E-state index contributed by atoms with van der Waals surface area (Å²) in [6, 6.07) is 18.0. The van der Waals surface area contributed by atoms with Crippen molar-refractivity contribution >= 4 is 48.9 Å². The third kappa shape index (κ3) is 1.77. The topological polar surface area (TPSA) is 17.3 Å². The third-order valence-electron chi connectivity index (χ3n) is 3.78. The first-order chi connectivity index (χ1) is 9.90. The van der Waals surface area contributed by atoms with Crippen molar-refractivity contribution in [2.45, 2.75) is 0 Å². The Hall–Kier alpha value is -1.74. The van der Waals surface area contributed by atoms with Crippen molar-refractivity contribution in [2.75, 3.05) is 0 Å². The molecule has 21 heavy (non-hydrogen) atoms. The summed E-state index contributed by atoms with van der Waals surface area (Å²) in [4.78, 5) is 4.81. The van der Waals surface area contributed by atoms with Gasteiger partial charge in [0.15, 0.2) is 0 Å². The summed E-state index contributed by atoms with van der Waals surface area (Å²) < 4.78 is 3.46. The van der Waals surface area contributed by atoms with Crippen LogP contribution in [0, 0.1) is 6.07 Å². The first kappa shape index (κ1) is 13.0. The van der Waals surface area contributed by atoms with E-state index in [-0.39, 0.29) is 20.1 Å². The molecule has 0 aliphatic rings. The molecule has 0 aliphatic heterocycles. The van der Waals surface area contributed by atoms with Crippen LogP contribution in [0.5, 0.6) is 0 Å². The molecule has 0 amide bonds. The van der Waals surface area contributed by atoms with Gasteiger partial charge in [-0.3, -0.25) is 4.98 Å². The molecule has 0 unspecified atom stereocenters. The minimum absolute atomic E-state index is 0. The van der Waals surface area contributed by atoms with Crippen molar-refractivity contribution < 1.29 is 20.1 Å². The summed E-state index contributed by atoms with van der Waals surface area (Å²) in [6.07, 6.45) is 2.10. The van der Waals surface area contributed by atoms with Crippen LogP contribution in [0.4, 0.5) is 0 Å². The molecule has 0 fully saturated rings. The van der Waals surface area contributed by atoms with Gasteiger partial charge in [-0.2, -0.15) is 0 Å². The number of benzene rings is 2. The van der Waals surface area contributed by atoms with E-state index in [0.29, 0.717) is 0 Å². The molecule has 0 saturated heterocycles. The zero-order valence-electron chi connectivity index (χ0n) is 10.8. The van der Waals surface area contributed by atoms with Gasteiger partial charge in [-0.05, 0) is 35.2 Å². The van der Waals surface area contributed by atoms with Gasteiger partial charge in [0, 0.05) is 24.8 Å². The molecule has 1 radical (unpaired) electrons. The van der Waals surface area contributed by atoms with Crippen molar-refractivity contribution in [2.24, 2.45) is 0 Å². The van der Waals surface area contributed by atoms with Crippen molar-refractivity contribution in [3.8, 4) is 0 Å². The molecule has 3 aromatic heterocycles. The minimum atomic E-state index is 0. The average molecular weight is 466 g/mol. The van der Waals surface area contributed by atoms with Crippen LogP contribution in [-0.4, -0.2) is 9.38 Å². The Morgan fingerprint density at radius 2 is 2.05 bits per heavy atom. The number of thiophene rings is 1. The smallest absolute Gasteiger partial charge is 0.0781 e. The summed E-state index contributed by atoms with van der Waals surface area (Å²) in [5.41, 5.74) is 3.19. The standard InChI is InChI=1S/C17H9N2S.Ir/c1-2-4-13-11(3-1)5-7-19-15-10-16-12(6-8-20-16)9-14(15)18-17(13)19;/h1-3,5-10H;/q-1;. The van der Waals surface area contributed by atoms with Crippen molar-refractivity contribution in [3.63, 3.8) is 0 Å². The number of nitrogens with zero attached hydrogens (tertiary/aromatic N) is 2. The first-order valence-corrected chi connectivity index (χ1v) is 7.36. The van der Waals surface area contributed by atoms with Crippen LogP contribution in [0.3, 0.4) is 0 Å². The number of pyridine rings is 1. The Labute approximate surface area is 138 Å². The van der Waals surface area contributed by atoms with E-state index in [0.717, 1.165) is 22.1 Å². The predicted molar refractivity (Wildman–Crippen MR) is 84.4 cm³/mol. The van der Waals surface area contributed by atoms with Gasteiger partial charge in [-0.15, -0.1) is 46.4 Å². The van der Waals surface area contributed by atoms with Crippen LogP contribution in [0.1, 0.15) is 0 Å². The first-order valence-electron chi connectivity index (χ1n) is 6.49. The summed E-state index contributed by atoms with van der Waals surface area (Å²) in [7, 11) is 0. The van der Waals surface area contributed by atoms with Gasteiger partial charge in [0.05, 0.1) is 16.7 Å². The zero-order valence-corrected chi connectivity index (χ0v) is 14.0. The molecule has 5 aromatic rings. The summed E-state index contributed by atoms with van der Waals surface area (Å²) in [6.45, 7) is 0. The van der Waals surface area contributed by atoms with Gasteiger partial charge >= 0.3 is 0 Å². The maximum absolute atomic E-state index is 4.81. The molecule has 0 N–H and O–H groups in total. The summed E-state index contributed by atoms with van der Waals surface area (Å²) in [5.74, 6) is 0. The number of imidazole rings is 1. The molecule has 2 nitrogen and oxygen atoms in total. The maximum atomic E-state index is 4.81. The molecule has 4 heteroatoms. The van der Waals surface area contributed by atoms with E-state index in [1.807, 2.05) is 12.1 Å². The van der Waals surface area contributed by atoms with Gasteiger partial charge in [0.1, 0.15) is 0 Å². The Morgan fingerprint density at radius 1 is 1.10 bits per heavy atom. The van der Waals surface area contributed by atoms with E-state index in [2.05, 4.69) is 52.4 Å². The van der Waals surface area contributed by atoms with Gasteiger partial charge in [-0.1, -0.05) is 6.07 Å². The van der Waals surface area contributed by atoms with E-state index < -0.39 is 0 Å². The fourth-order valence-electron chi connectivity index (χ4n) is 2.82. The van der Waals surface area contributed by atoms with Crippen LogP contribution >= 0.6 is 11.3 Å². The van der Waals surface area contributed by atoms with Crippen molar-refractivity contribution in [1.29, 1.82) is 0 Å². The number of rotatable bonds is 0. The number of aromatic nitrogens is 2. The second-order valence-electron chi connectivity index (χ2n) is 4.92. The molecule has 2 aromatic carbocycles. The molecular weight excluding hydrogens is 456 g/mol. The van der Waals surface area contributed by atoms with E-state index in [9.17, 15) is 0 Å². The Balaban J connectivity index is 0.00000115. The van der Waals surface area contributed by atoms with Gasteiger partial charge in [0.25, 0.3) is 0 Å². The van der Waals surface area contributed by atoms with E-state index in [1.165, 1.54) is 15.5 Å². The number of fused-ring (bicyclic) bond motifs is 6. The van der Waals surface area contributed by atoms with Gasteiger partial charge < -0.3 is 4.40 Å². The predicted octanol–water partition coefficient (Wildman–Crippen LogP) is 4.65. The maximum Gasteiger partial charge on any atom is 0.0781 e. The van der Waals surface area contributed by atoms with E-state index in [1.54, 1.807) is 11.3 Å². The minimum Gasteiger partial charge on any atom is -0.340 e. The Bertz CT molecular complexity index is 1110. The molecule has 0 spiro atoms. The van der Waals surface area contributed by atoms with E-state index in [4.69, 9.17) is 4.98 Å². The monoisotopic (exact) mass is 466 g/mol. The molecule has 5 rings (SSSR count). The number of hydrogen-bond donors (Lipinski definition) is 0. The second kappa shape index (κ2) is 4.63. The fraction of sp³-hybridized carbons (Fsp3) is 0. The van der Waals surface area contributed by atoms with Gasteiger partial charge in [0.2, 0.25) is 0 Å². The SMILES string of the molecule is [Ir].[c-]1cccc2ccn3c4cc5sccc5cc4nc3c12. The summed E-state index contributed by atoms with van der Waals surface area (Å²) in [5, 5.41) is 5.64. The normalized spacial score (nSPS) is 11.4. The zero-order chi connectivity index (χ0) is 13.1. The second-order valence-corrected chi connectivity index (χ2v) is 5.87. The molecule has 0 bridgehead atoms. The fourth-order valence-corrected chi connectivity index (χ4v) is 3.62. The van der Waals surface area contributed by atoms with Crippen LogP contribution in [0.2, 0.25) is 0 Å². The van der Waals surface area contributed by atoms with Crippen molar-refractivity contribution in [1.82, 2.24) is 9.38 Å². The largest absolute Gasteiger partial charge is 0.340 e. The molecule has 103 valence electrons. The quantitative estimate of drug-likeness (QED) is 0.304. The van der Waals surface area contributed by atoms with Crippen LogP contribution in [-0.2, 0) is 20.1 Å². The summed E-state index contributed by atoms with van der Waals surface area (Å²) >= 11 is 1.77. The van der Waals surface area contributed by atoms with Crippen LogP contribution < -0.4 is 0 Å². The third-order valence-corrected chi connectivity index (χ3v) is 4.66. The average Bonchev–Trinajstić information content (AvgIpc) is 3.08. The Morgan fingerprint density at radius 3 is 3.00 bits per heavy atom. The molecular formula is C17H9IrN2S-. The van der Waals surface area contributed by atoms with Crippen molar-refractivity contribution in [3.05, 3.63) is 60.1 Å². The molecule has 0 aliphatic carbocycles. The number of hydrogen-bond acceptors (Lipinski definition) is 2. The Kier molecular flexibility index (Phi) is 2.86. The van der Waals surface area contributed by atoms with E-state index >= 15 is 0 Å².